The molecule has 1 N–H and O–H groups in total. The summed E-state index contributed by atoms with van der Waals surface area (Å²) < 4.78 is 11.3. The van der Waals surface area contributed by atoms with E-state index in [0.717, 1.165) is 42.7 Å². The lowest BCUT2D eigenvalue weighted by atomic mass is 10.1. The minimum absolute atomic E-state index is 0.0176. The summed E-state index contributed by atoms with van der Waals surface area (Å²) in [6.07, 6.45) is 9.05. The zero-order valence-corrected chi connectivity index (χ0v) is 23.5. The van der Waals surface area contributed by atoms with Crippen LogP contribution in [0.15, 0.2) is 65.9 Å². The summed E-state index contributed by atoms with van der Waals surface area (Å²) in [4.78, 5) is 44.1. The summed E-state index contributed by atoms with van der Waals surface area (Å²) in [5.41, 5.74) is 4.38. The molecule has 42 heavy (non-hydrogen) atoms. The molecule has 5 heterocycles. The first-order valence-electron chi connectivity index (χ1n) is 14.0. The minimum Gasteiger partial charge on any atom is -0.482 e. The maximum atomic E-state index is 13.6. The summed E-state index contributed by atoms with van der Waals surface area (Å²) in [6.45, 7) is 2.75. The molecular weight excluding hydrogens is 534 g/mol. The van der Waals surface area contributed by atoms with Crippen LogP contribution in [0.4, 0.5) is 17.3 Å². The molecule has 0 fully saturated rings. The number of ether oxygens (including phenoxy) is 1. The number of amides is 1. The Bertz CT molecular complexity index is 1920. The van der Waals surface area contributed by atoms with E-state index in [1.54, 1.807) is 20.5 Å². The van der Waals surface area contributed by atoms with Gasteiger partial charge in [-0.3, -0.25) is 9.59 Å². The van der Waals surface area contributed by atoms with Gasteiger partial charge in [0, 0.05) is 31.5 Å². The van der Waals surface area contributed by atoms with E-state index in [1.165, 1.54) is 0 Å². The second kappa shape index (κ2) is 10.5. The molecule has 0 aliphatic carbocycles. The van der Waals surface area contributed by atoms with Crippen molar-refractivity contribution in [2.45, 2.75) is 25.9 Å². The number of carbonyl (C=O) groups excluding carboxylic acids is 1. The van der Waals surface area contributed by atoms with Gasteiger partial charge in [-0.2, -0.15) is 4.98 Å². The van der Waals surface area contributed by atoms with Crippen molar-refractivity contribution < 1.29 is 9.53 Å². The van der Waals surface area contributed by atoms with Gasteiger partial charge in [0.15, 0.2) is 12.3 Å². The molecule has 0 saturated heterocycles. The van der Waals surface area contributed by atoms with E-state index in [1.807, 2.05) is 54.9 Å². The Morgan fingerprint density at radius 1 is 1.07 bits per heavy atom. The molecule has 2 bridgehead atoms. The second-order valence-corrected chi connectivity index (χ2v) is 10.8. The lowest BCUT2D eigenvalue weighted by Crippen LogP contribution is -2.39. The van der Waals surface area contributed by atoms with Crippen LogP contribution in [0.2, 0.25) is 0 Å². The van der Waals surface area contributed by atoms with Gasteiger partial charge in [0.2, 0.25) is 5.95 Å². The first-order valence-corrected chi connectivity index (χ1v) is 14.0. The molecule has 0 saturated carbocycles. The Morgan fingerprint density at radius 2 is 1.98 bits per heavy atom. The summed E-state index contributed by atoms with van der Waals surface area (Å²) >= 11 is 0. The Labute approximate surface area is 241 Å². The second-order valence-electron chi connectivity index (χ2n) is 10.8. The van der Waals surface area contributed by atoms with Gasteiger partial charge in [-0.05, 0) is 63.3 Å². The largest absolute Gasteiger partial charge is 0.482 e. The predicted molar refractivity (Wildman–Crippen MR) is 161 cm³/mol. The number of fused-ring (bicyclic) bond motifs is 6. The third-order valence-electron chi connectivity index (χ3n) is 7.67. The quantitative estimate of drug-likeness (QED) is 0.323. The molecule has 12 heteroatoms. The van der Waals surface area contributed by atoms with Crippen LogP contribution in [0.25, 0.3) is 27.8 Å². The van der Waals surface area contributed by atoms with E-state index < -0.39 is 0 Å². The number of benzene rings is 2. The smallest absolute Gasteiger partial charge is 0.278 e. The molecule has 0 spiro atoms. The lowest BCUT2D eigenvalue weighted by Gasteiger charge is -2.30. The highest BCUT2D eigenvalue weighted by Gasteiger charge is 2.27. The molecule has 5 aromatic rings. The molecule has 2 aliphatic heterocycles. The van der Waals surface area contributed by atoms with Crippen molar-refractivity contribution in [2.24, 2.45) is 0 Å². The third-order valence-corrected chi connectivity index (χ3v) is 7.67. The van der Waals surface area contributed by atoms with E-state index in [9.17, 15) is 9.59 Å². The van der Waals surface area contributed by atoms with Gasteiger partial charge < -0.3 is 24.4 Å². The van der Waals surface area contributed by atoms with E-state index >= 15 is 0 Å². The molecule has 0 radical (unpaired) electrons. The number of anilines is 3. The Kier molecular flexibility index (Phi) is 6.46. The number of carbonyl (C=O) groups is 1. The van der Waals surface area contributed by atoms with Gasteiger partial charge in [-0.15, -0.1) is 0 Å². The van der Waals surface area contributed by atoms with Crippen LogP contribution >= 0.6 is 0 Å². The van der Waals surface area contributed by atoms with Crippen molar-refractivity contribution in [3.63, 3.8) is 0 Å². The number of imidazole rings is 1. The zero-order valence-electron chi connectivity index (χ0n) is 23.5. The Balaban J connectivity index is 1.29. The summed E-state index contributed by atoms with van der Waals surface area (Å²) in [5, 5.41) is 3.69. The number of aromatic nitrogens is 6. The monoisotopic (exact) mass is 565 g/mol. The number of nitrogens with one attached hydrogen (secondary N) is 1. The number of nitrogens with zero attached hydrogens (tertiary/aromatic N) is 8. The first-order chi connectivity index (χ1) is 20.5. The first kappa shape index (κ1) is 26.0. The van der Waals surface area contributed by atoms with Gasteiger partial charge in [0.25, 0.3) is 11.5 Å². The van der Waals surface area contributed by atoms with Crippen LogP contribution in [0.3, 0.4) is 0 Å². The molecule has 3 aromatic heterocycles. The predicted octanol–water partition coefficient (Wildman–Crippen LogP) is 3.31. The number of rotatable bonds is 5. The fourth-order valence-electron chi connectivity index (χ4n) is 5.50. The number of likely N-dealkylation sites (N-methyl/N-ethyl adjacent to an activating group) is 1. The molecule has 2 aromatic carbocycles. The summed E-state index contributed by atoms with van der Waals surface area (Å²) in [6, 6.07) is 11.6. The number of hydrogen-bond donors (Lipinski definition) is 1. The van der Waals surface area contributed by atoms with Gasteiger partial charge in [0.05, 0.1) is 35.3 Å². The molecular formula is C30H31N9O3. The molecule has 0 atom stereocenters. The van der Waals surface area contributed by atoms with Crippen LogP contribution in [-0.2, 0) is 17.9 Å². The average molecular weight is 566 g/mol. The van der Waals surface area contributed by atoms with Gasteiger partial charge in [0.1, 0.15) is 11.1 Å². The van der Waals surface area contributed by atoms with E-state index in [-0.39, 0.29) is 18.1 Å². The maximum Gasteiger partial charge on any atom is 0.278 e. The standard InChI is InChI=1S/C30H31N9O3/c1-35(2)13-14-36-19-32-23-15-20(7-9-24(23)36)33-30-31-17-22-28(34-30)39-21-8-10-26-25(16-21)37(27(40)18-42-26)11-5-3-4-6-12-38(39)29(22)41/h4,6-10,15-17,19H,3,5,11-14,18H2,1-2H3,(H,31,33,34). The fraction of sp³-hybridized carbons (Fsp3) is 0.300. The van der Waals surface area contributed by atoms with Crippen LogP contribution in [0.1, 0.15) is 12.8 Å². The fourth-order valence-corrected chi connectivity index (χ4v) is 5.50. The average Bonchev–Trinajstić information content (AvgIpc) is 3.51. The molecule has 7 rings (SSSR count). The van der Waals surface area contributed by atoms with Gasteiger partial charge in [-0.1, -0.05) is 12.2 Å². The van der Waals surface area contributed by atoms with E-state index in [4.69, 9.17) is 9.72 Å². The molecule has 1 amide bonds. The van der Waals surface area contributed by atoms with Crippen LogP contribution in [0.5, 0.6) is 5.75 Å². The van der Waals surface area contributed by atoms with Crippen LogP contribution in [0, 0.1) is 0 Å². The molecule has 2 aliphatic rings. The van der Waals surface area contributed by atoms with Crippen LogP contribution < -0.4 is 20.5 Å². The minimum atomic E-state index is -0.190. The SMILES string of the molecule is CN(C)CCn1cnc2cc(Nc3ncc4c(=O)n5n(c4n3)-c3ccc4c(c3)N(CCCC=CC5)C(=O)CO4)ccc21. The van der Waals surface area contributed by atoms with Crippen molar-refractivity contribution in [3.8, 4) is 11.4 Å². The van der Waals surface area contributed by atoms with Crippen molar-refractivity contribution in [1.29, 1.82) is 0 Å². The van der Waals surface area contributed by atoms with Crippen LogP contribution in [-0.4, -0.2) is 73.5 Å². The normalized spacial score (nSPS) is 15.0. The topological polar surface area (TPSA) is 115 Å². The van der Waals surface area contributed by atoms with Crippen molar-refractivity contribution in [1.82, 2.24) is 33.8 Å². The highest BCUT2D eigenvalue weighted by atomic mass is 16.5. The molecule has 12 nitrogen and oxygen atoms in total. The van der Waals surface area contributed by atoms with Crippen molar-refractivity contribution in [3.05, 3.63) is 71.4 Å². The third kappa shape index (κ3) is 4.59. The Hall–Kier alpha value is -4.97. The van der Waals surface area contributed by atoms with Gasteiger partial charge in [-0.25, -0.2) is 19.3 Å². The number of allylic oxidation sites excluding steroid dienone is 2. The van der Waals surface area contributed by atoms with E-state index in [2.05, 4.69) is 38.8 Å². The zero-order chi connectivity index (χ0) is 28.8. The van der Waals surface area contributed by atoms with Crippen molar-refractivity contribution >= 4 is 45.3 Å². The molecule has 0 unspecified atom stereocenters. The van der Waals surface area contributed by atoms with E-state index in [0.29, 0.717) is 47.2 Å². The highest BCUT2D eigenvalue weighted by molar-refractivity contribution is 5.98. The van der Waals surface area contributed by atoms with Crippen molar-refractivity contribution in [2.75, 3.05) is 44.0 Å². The van der Waals surface area contributed by atoms with Gasteiger partial charge >= 0.3 is 0 Å². The maximum absolute atomic E-state index is 13.6. The number of hydrogen-bond acceptors (Lipinski definition) is 8. The summed E-state index contributed by atoms with van der Waals surface area (Å²) in [5.74, 6) is 0.922. The molecule has 214 valence electrons. The summed E-state index contributed by atoms with van der Waals surface area (Å²) in [7, 11) is 4.10. The lowest BCUT2D eigenvalue weighted by molar-refractivity contribution is -0.121. The highest BCUT2D eigenvalue weighted by Crippen LogP contribution is 2.35. The Morgan fingerprint density at radius 3 is 2.86 bits per heavy atom.